The van der Waals surface area contributed by atoms with Crippen LogP contribution in [-0.4, -0.2) is 22.9 Å². The van der Waals surface area contributed by atoms with Crippen LogP contribution in [0.5, 0.6) is 0 Å². The maximum absolute atomic E-state index is 11.8. The Kier molecular flexibility index (Phi) is 2.84. The van der Waals surface area contributed by atoms with Crippen LogP contribution >= 0.6 is 0 Å². The first-order valence-corrected chi connectivity index (χ1v) is 4.47. The summed E-state index contributed by atoms with van der Waals surface area (Å²) in [6.07, 6.45) is 3.05. The van der Waals surface area contributed by atoms with Gasteiger partial charge in [0.15, 0.2) is 0 Å². The molecular weight excluding hydrogens is 178 g/mol. The van der Waals surface area contributed by atoms with Gasteiger partial charge in [-0.2, -0.15) is 0 Å². The van der Waals surface area contributed by atoms with E-state index in [4.69, 9.17) is 0 Å². The van der Waals surface area contributed by atoms with Gasteiger partial charge in [-0.1, -0.05) is 20.8 Å². The second-order valence-corrected chi connectivity index (χ2v) is 4.18. The van der Waals surface area contributed by atoms with Crippen LogP contribution in [0, 0.1) is 5.41 Å². The van der Waals surface area contributed by atoms with Crippen LogP contribution < -0.4 is 4.90 Å². The molecule has 14 heavy (non-hydrogen) atoms. The average molecular weight is 193 g/mol. The standard InChI is InChI=1S/C10H15N3O/c1-10(2,3)9(14)13(4)8-5-6-11-7-12-8/h5-7H,1-4H3. The fraction of sp³-hybridized carbons (Fsp3) is 0.500. The molecule has 0 aliphatic carbocycles. The zero-order valence-electron chi connectivity index (χ0n) is 8.98. The Morgan fingerprint density at radius 2 is 2.07 bits per heavy atom. The third kappa shape index (κ3) is 2.28. The number of rotatable bonds is 1. The predicted octanol–water partition coefficient (Wildman–Crippen LogP) is 1.49. The highest BCUT2D eigenvalue weighted by Gasteiger charge is 2.26. The highest BCUT2D eigenvalue weighted by Crippen LogP contribution is 2.19. The number of carbonyl (C=O) groups is 1. The molecule has 1 heterocycles. The van der Waals surface area contributed by atoms with E-state index in [1.807, 2.05) is 20.8 Å². The van der Waals surface area contributed by atoms with Crippen LogP contribution in [0.4, 0.5) is 5.82 Å². The van der Waals surface area contributed by atoms with E-state index in [1.54, 1.807) is 24.2 Å². The smallest absolute Gasteiger partial charge is 0.233 e. The van der Waals surface area contributed by atoms with E-state index in [9.17, 15) is 4.79 Å². The Hall–Kier alpha value is -1.45. The molecule has 0 aliphatic heterocycles. The van der Waals surface area contributed by atoms with Crippen LogP contribution in [0.2, 0.25) is 0 Å². The van der Waals surface area contributed by atoms with E-state index in [0.717, 1.165) is 0 Å². The molecule has 0 saturated heterocycles. The Balaban J connectivity index is 2.87. The van der Waals surface area contributed by atoms with Gasteiger partial charge in [0.2, 0.25) is 5.91 Å². The molecule has 0 atom stereocenters. The number of amides is 1. The summed E-state index contributed by atoms with van der Waals surface area (Å²) in [5.74, 6) is 0.663. The van der Waals surface area contributed by atoms with Crippen molar-refractivity contribution < 1.29 is 4.79 Å². The maximum atomic E-state index is 11.8. The lowest BCUT2D eigenvalue weighted by Crippen LogP contribution is -2.37. The molecule has 0 aromatic carbocycles. The topological polar surface area (TPSA) is 46.1 Å². The first kappa shape index (κ1) is 10.6. The van der Waals surface area contributed by atoms with Gasteiger partial charge < -0.3 is 0 Å². The van der Waals surface area contributed by atoms with Crippen LogP contribution in [0.1, 0.15) is 20.8 Å². The Labute approximate surface area is 84.0 Å². The number of carbonyl (C=O) groups excluding carboxylic acids is 1. The number of nitrogens with zero attached hydrogens (tertiary/aromatic N) is 3. The highest BCUT2D eigenvalue weighted by molar-refractivity contribution is 5.95. The number of hydrogen-bond acceptors (Lipinski definition) is 3. The Bertz CT molecular complexity index is 316. The molecule has 1 aromatic rings. The highest BCUT2D eigenvalue weighted by atomic mass is 16.2. The minimum atomic E-state index is -0.389. The van der Waals surface area contributed by atoms with Crippen molar-refractivity contribution in [3.05, 3.63) is 18.6 Å². The van der Waals surface area contributed by atoms with Gasteiger partial charge in [0.25, 0.3) is 0 Å². The molecule has 0 aliphatic rings. The second-order valence-electron chi connectivity index (χ2n) is 4.18. The van der Waals surface area contributed by atoms with Crippen LogP contribution in [-0.2, 0) is 4.79 Å². The van der Waals surface area contributed by atoms with Gasteiger partial charge in [0, 0.05) is 18.7 Å². The van der Waals surface area contributed by atoms with E-state index in [0.29, 0.717) is 5.82 Å². The Morgan fingerprint density at radius 3 is 2.50 bits per heavy atom. The predicted molar refractivity (Wildman–Crippen MR) is 54.9 cm³/mol. The van der Waals surface area contributed by atoms with E-state index >= 15 is 0 Å². The third-order valence-electron chi connectivity index (χ3n) is 1.86. The van der Waals surface area contributed by atoms with Gasteiger partial charge >= 0.3 is 0 Å². The second kappa shape index (κ2) is 3.74. The normalized spacial score (nSPS) is 11.1. The lowest BCUT2D eigenvalue weighted by atomic mass is 9.95. The summed E-state index contributed by atoms with van der Waals surface area (Å²) in [6.45, 7) is 5.65. The molecule has 0 fully saturated rings. The van der Waals surface area contributed by atoms with Gasteiger partial charge in [-0.15, -0.1) is 0 Å². The largest absolute Gasteiger partial charge is 0.299 e. The summed E-state index contributed by atoms with van der Waals surface area (Å²) in [7, 11) is 1.72. The molecule has 1 aromatic heterocycles. The zero-order chi connectivity index (χ0) is 10.8. The fourth-order valence-corrected chi connectivity index (χ4v) is 1.09. The zero-order valence-corrected chi connectivity index (χ0v) is 8.98. The molecule has 0 radical (unpaired) electrons. The van der Waals surface area contributed by atoms with Crippen molar-refractivity contribution in [3.63, 3.8) is 0 Å². The summed E-state index contributed by atoms with van der Waals surface area (Å²) in [4.78, 5) is 21.2. The van der Waals surface area contributed by atoms with Crippen molar-refractivity contribution in [2.75, 3.05) is 11.9 Å². The van der Waals surface area contributed by atoms with Crippen molar-refractivity contribution in [1.82, 2.24) is 9.97 Å². The monoisotopic (exact) mass is 193 g/mol. The average Bonchev–Trinajstić information content (AvgIpc) is 2.15. The number of aromatic nitrogens is 2. The summed E-state index contributed by atoms with van der Waals surface area (Å²) < 4.78 is 0. The molecule has 4 heteroatoms. The number of anilines is 1. The van der Waals surface area contributed by atoms with Crippen LogP contribution in [0.25, 0.3) is 0 Å². The third-order valence-corrected chi connectivity index (χ3v) is 1.86. The Morgan fingerprint density at radius 1 is 1.43 bits per heavy atom. The summed E-state index contributed by atoms with van der Waals surface area (Å²) in [5.41, 5.74) is -0.389. The minimum Gasteiger partial charge on any atom is -0.299 e. The van der Waals surface area contributed by atoms with Crippen molar-refractivity contribution in [2.24, 2.45) is 5.41 Å². The molecule has 0 saturated carbocycles. The molecule has 1 rings (SSSR count). The lowest BCUT2D eigenvalue weighted by molar-refractivity contribution is -0.125. The van der Waals surface area contributed by atoms with Gasteiger partial charge in [0.05, 0.1) is 0 Å². The van der Waals surface area contributed by atoms with Crippen LogP contribution in [0.3, 0.4) is 0 Å². The summed E-state index contributed by atoms with van der Waals surface area (Å²) >= 11 is 0. The van der Waals surface area contributed by atoms with Crippen molar-refractivity contribution >= 4 is 11.7 Å². The quantitative estimate of drug-likeness (QED) is 0.678. The first-order chi connectivity index (χ1) is 6.43. The van der Waals surface area contributed by atoms with E-state index < -0.39 is 0 Å². The summed E-state index contributed by atoms with van der Waals surface area (Å²) in [6, 6.07) is 1.71. The molecule has 0 bridgehead atoms. The lowest BCUT2D eigenvalue weighted by Gasteiger charge is -2.24. The van der Waals surface area contributed by atoms with E-state index in [1.165, 1.54) is 6.33 Å². The van der Waals surface area contributed by atoms with Crippen molar-refractivity contribution in [2.45, 2.75) is 20.8 Å². The molecule has 0 N–H and O–H groups in total. The minimum absolute atomic E-state index is 0.0381. The van der Waals surface area contributed by atoms with E-state index in [2.05, 4.69) is 9.97 Å². The van der Waals surface area contributed by atoms with Crippen molar-refractivity contribution in [1.29, 1.82) is 0 Å². The van der Waals surface area contributed by atoms with Crippen molar-refractivity contribution in [3.8, 4) is 0 Å². The number of hydrogen-bond donors (Lipinski definition) is 0. The maximum Gasteiger partial charge on any atom is 0.233 e. The fourth-order valence-electron chi connectivity index (χ4n) is 1.09. The van der Waals surface area contributed by atoms with Gasteiger partial charge in [-0.25, -0.2) is 9.97 Å². The molecule has 0 spiro atoms. The first-order valence-electron chi connectivity index (χ1n) is 4.47. The van der Waals surface area contributed by atoms with E-state index in [-0.39, 0.29) is 11.3 Å². The van der Waals surface area contributed by atoms with Gasteiger partial charge in [-0.05, 0) is 6.07 Å². The van der Waals surface area contributed by atoms with Crippen LogP contribution in [0.15, 0.2) is 18.6 Å². The van der Waals surface area contributed by atoms with Gasteiger partial charge in [0.1, 0.15) is 12.1 Å². The molecule has 76 valence electrons. The molecular formula is C10H15N3O. The molecule has 0 unspecified atom stereocenters. The molecule has 1 amide bonds. The van der Waals surface area contributed by atoms with Gasteiger partial charge in [-0.3, -0.25) is 9.69 Å². The SMILES string of the molecule is CN(C(=O)C(C)(C)C)c1ccncn1. The molecule has 4 nitrogen and oxygen atoms in total. The summed E-state index contributed by atoms with van der Waals surface area (Å²) in [5, 5.41) is 0.